The highest BCUT2D eigenvalue weighted by atomic mass is 35.5. The van der Waals surface area contributed by atoms with Gasteiger partial charge in [0.2, 0.25) is 5.13 Å². The van der Waals surface area contributed by atoms with Crippen molar-refractivity contribution >= 4 is 45.2 Å². The fourth-order valence-corrected chi connectivity index (χ4v) is 1.84. The van der Waals surface area contributed by atoms with E-state index in [1.54, 1.807) is 7.05 Å². The molecule has 0 unspecified atom stereocenters. The molecule has 0 aliphatic heterocycles. The van der Waals surface area contributed by atoms with E-state index >= 15 is 0 Å². The zero-order valence-electron chi connectivity index (χ0n) is 6.44. The third kappa shape index (κ3) is 2.09. The number of hydrogen-bond donors (Lipinski definition) is 0. The van der Waals surface area contributed by atoms with E-state index in [9.17, 15) is 4.79 Å². The molecule has 1 rings (SSSR count). The monoisotopic (exact) mass is 223 g/mol. The molecule has 0 aliphatic carbocycles. The van der Waals surface area contributed by atoms with E-state index in [0.717, 1.165) is 4.34 Å². The van der Waals surface area contributed by atoms with E-state index in [0.29, 0.717) is 5.13 Å². The molecule has 66 valence electrons. The molecule has 4 nitrogen and oxygen atoms in total. The van der Waals surface area contributed by atoms with Crippen molar-refractivity contribution in [3.05, 3.63) is 0 Å². The van der Waals surface area contributed by atoms with Gasteiger partial charge in [-0.05, 0) is 17.9 Å². The minimum Gasteiger partial charge on any atom is -0.276 e. The predicted molar refractivity (Wildman–Crippen MR) is 51.3 cm³/mol. The Balaban J connectivity index is 2.81. The number of thioether (sulfide) groups is 1. The molecule has 0 aliphatic rings. The van der Waals surface area contributed by atoms with Crippen LogP contribution in [0.4, 0.5) is 9.93 Å². The van der Waals surface area contributed by atoms with Crippen LogP contribution in [-0.2, 0) is 0 Å². The van der Waals surface area contributed by atoms with Crippen LogP contribution in [0.25, 0.3) is 0 Å². The lowest BCUT2D eigenvalue weighted by Gasteiger charge is -2.05. The quantitative estimate of drug-likeness (QED) is 0.333. The molecule has 0 bridgehead atoms. The molecule has 12 heavy (non-hydrogen) atoms. The van der Waals surface area contributed by atoms with Crippen molar-refractivity contribution in [2.45, 2.75) is 4.34 Å². The van der Waals surface area contributed by atoms with Crippen molar-refractivity contribution < 1.29 is 4.79 Å². The van der Waals surface area contributed by atoms with E-state index in [4.69, 9.17) is 11.6 Å². The van der Waals surface area contributed by atoms with E-state index in [1.165, 1.54) is 28.0 Å². The number of carbonyl (C=O) groups is 1. The van der Waals surface area contributed by atoms with Crippen molar-refractivity contribution in [3.63, 3.8) is 0 Å². The van der Waals surface area contributed by atoms with E-state index in [-0.39, 0.29) is 0 Å². The van der Waals surface area contributed by atoms with E-state index < -0.39 is 5.37 Å². The molecule has 7 heteroatoms. The predicted octanol–water partition coefficient (Wildman–Crippen LogP) is 2.06. The van der Waals surface area contributed by atoms with Gasteiger partial charge in [0, 0.05) is 7.05 Å². The molecule has 0 saturated carbocycles. The first kappa shape index (κ1) is 9.76. The summed E-state index contributed by atoms with van der Waals surface area (Å²) in [6.07, 6.45) is 1.90. The first-order chi connectivity index (χ1) is 5.65. The lowest BCUT2D eigenvalue weighted by molar-refractivity contribution is 0.265. The maximum absolute atomic E-state index is 10.7. The standard InChI is InChI=1S/C5H6ClN3OS2/c1-9(3(6)10)4-7-8-5(11-2)12-4/h1-2H3. The Morgan fingerprint density at radius 1 is 1.67 bits per heavy atom. The van der Waals surface area contributed by atoms with Crippen molar-refractivity contribution in [2.75, 3.05) is 18.2 Å². The van der Waals surface area contributed by atoms with Crippen molar-refractivity contribution in [3.8, 4) is 0 Å². The lowest BCUT2D eigenvalue weighted by atomic mass is 10.9. The van der Waals surface area contributed by atoms with Gasteiger partial charge in [-0.1, -0.05) is 23.1 Å². The summed E-state index contributed by atoms with van der Waals surface area (Å²) in [4.78, 5) is 11.9. The van der Waals surface area contributed by atoms with Gasteiger partial charge in [0.25, 0.3) is 0 Å². The summed E-state index contributed by atoms with van der Waals surface area (Å²) < 4.78 is 0.815. The van der Waals surface area contributed by atoms with Gasteiger partial charge in [-0.25, -0.2) is 0 Å². The second-order valence-electron chi connectivity index (χ2n) is 1.87. The Labute approximate surface area is 82.9 Å². The van der Waals surface area contributed by atoms with Gasteiger partial charge >= 0.3 is 5.37 Å². The minimum atomic E-state index is -0.557. The molecule has 0 radical (unpaired) electrons. The van der Waals surface area contributed by atoms with Crippen molar-refractivity contribution in [2.24, 2.45) is 0 Å². The van der Waals surface area contributed by atoms with Gasteiger partial charge in [0.05, 0.1) is 0 Å². The Hall–Kier alpha value is -0.330. The number of nitrogens with zero attached hydrogens (tertiary/aromatic N) is 3. The molecule has 0 aromatic carbocycles. The Morgan fingerprint density at radius 3 is 2.75 bits per heavy atom. The summed E-state index contributed by atoms with van der Waals surface area (Å²) in [7, 11) is 1.56. The van der Waals surface area contributed by atoms with Crippen LogP contribution in [0, 0.1) is 0 Å². The topological polar surface area (TPSA) is 46.1 Å². The van der Waals surface area contributed by atoms with Crippen LogP contribution in [0.15, 0.2) is 4.34 Å². The normalized spacial score (nSPS) is 9.92. The van der Waals surface area contributed by atoms with Gasteiger partial charge in [-0.2, -0.15) is 0 Å². The maximum Gasteiger partial charge on any atom is 0.322 e. The van der Waals surface area contributed by atoms with E-state index in [2.05, 4.69) is 10.2 Å². The third-order valence-electron chi connectivity index (χ3n) is 1.12. The number of aromatic nitrogens is 2. The lowest BCUT2D eigenvalue weighted by Crippen LogP contribution is -2.19. The van der Waals surface area contributed by atoms with Gasteiger partial charge in [-0.15, -0.1) is 10.2 Å². The molecule has 1 aromatic rings. The smallest absolute Gasteiger partial charge is 0.276 e. The Bertz CT molecular complexity index is 290. The van der Waals surface area contributed by atoms with Crippen molar-refractivity contribution in [1.82, 2.24) is 10.2 Å². The molecule has 0 fully saturated rings. The first-order valence-electron chi connectivity index (χ1n) is 2.96. The summed E-state index contributed by atoms with van der Waals surface area (Å²) in [5.41, 5.74) is 0. The van der Waals surface area contributed by atoms with Crippen LogP contribution < -0.4 is 4.90 Å². The second kappa shape index (κ2) is 4.06. The van der Waals surface area contributed by atoms with Gasteiger partial charge in [0.1, 0.15) is 0 Å². The number of halogens is 1. The first-order valence-corrected chi connectivity index (χ1v) is 5.37. The van der Waals surface area contributed by atoms with Crippen LogP contribution >= 0.6 is 34.7 Å². The molecular formula is C5H6ClN3OS2. The second-order valence-corrected chi connectivity index (χ2v) is 4.20. The number of rotatable bonds is 2. The number of carbonyl (C=O) groups excluding carboxylic acids is 1. The molecule has 0 spiro atoms. The molecule has 0 saturated heterocycles. The van der Waals surface area contributed by atoms with Crippen molar-refractivity contribution in [1.29, 1.82) is 0 Å². The summed E-state index contributed by atoms with van der Waals surface area (Å²) in [5.74, 6) is 0. The summed E-state index contributed by atoms with van der Waals surface area (Å²) >= 11 is 8.05. The van der Waals surface area contributed by atoms with Crippen LogP contribution in [0.5, 0.6) is 0 Å². The van der Waals surface area contributed by atoms with Crippen LogP contribution in [0.3, 0.4) is 0 Å². The Kier molecular flexibility index (Phi) is 3.30. The van der Waals surface area contributed by atoms with Crippen LogP contribution in [-0.4, -0.2) is 28.9 Å². The van der Waals surface area contributed by atoms with Gasteiger partial charge < -0.3 is 0 Å². The zero-order chi connectivity index (χ0) is 9.14. The van der Waals surface area contributed by atoms with Gasteiger partial charge in [-0.3, -0.25) is 9.69 Å². The molecular weight excluding hydrogens is 218 g/mol. The highest BCUT2D eigenvalue weighted by Gasteiger charge is 2.12. The van der Waals surface area contributed by atoms with E-state index in [1.807, 2.05) is 6.26 Å². The van der Waals surface area contributed by atoms with Gasteiger partial charge in [0.15, 0.2) is 4.34 Å². The summed E-state index contributed by atoms with van der Waals surface area (Å²) in [6.45, 7) is 0. The van der Waals surface area contributed by atoms with Crippen LogP contribution in [0.1, 0.15) is 0 Å². The number of anilines is 1. The largest absolute Gasteiger partial charge is 0.322 e. The fourth-order valence-electron chi connectivity index (χ4n) is 0.496. The average molecular weight is 224 g/mol. The molecule has 1 aromatic heterocycles. The average Bonchev–Trinajstić information content (AvgIpc) is 2.50. The molecule has 1 heterocycles. The number of hydrogen-bond acceptors (Lipinski definition) is 5. The number of amides is 1. The molecule has 1 amide bonds. The summed E-state index contributed by atoms with van der Waals surface area (Å²) in [5, 5.41) is 7.55. The molecule has 0 atom stereocenters. The third-order valence-corrected chi connectivity index (χ3v) is 3.35. The molecule has 0 N–H and O–H groups in total. The highest BCUT2D eigenvalue weighted by molar-refractivity contribution is 8.00. The summed E-state index contributed by atoms with van der Waals surface area (Å²) in [6, 6.07) is 0. The maximum atomic E-state index is 10.7. The minimum absolute atomic E-state index is 0.513. The highest BCUT2D eigenvalue weighted by Crippen LogP contribution is 2.25. The zero-order valence-corrected chi connectivity index (χ0v) is 8.83. The van der Waals surface area contributed by atoms with Crippen LogP contribution in [0.2, 0.25) is 0 Å². The SMILES string of the molecule is CSc1nnc(N(C)C(=O)Cl)s1. The Morgan fingerprint density at radius 2 is 2.33 bits per heavy atom. The fraction of sp³-hybridized carbons (Fsp3) is 0.400.